The van der Waals surface area contributed by atoms with Crippen LogP contribution in [0.15, 0.2) is 65.6 Å². The van der Waals surface area contributed by atoms with Gasteiger partial charge in [0, 0.05) is 22.1 Å². The molecule has 0 heterocycles. The number of hydrogen-bond donors (Lipinski definition) is 3. The molecule has 0 aliphatic carbocycles. The van der Waals surface area contributed by atoms with Crippen molar-refractivity contribution in [1.82, 2.24) is 0 Å². The summed E-state index contributed by atoms with van der Waals surface area (Å²) in [4.78, 5) is 12.4. The summed E-state index contributed by atoms with van der Waals surface area (Å²) >= 11 is 5.85. The van der Waals surface area contributed by atoms with Crippen LogP contribution in [0.1, 0.15) is 16.7 Å². The number of halogens is 1. The standard InChI is InChI=1S/C22H22ClN3O3S/c1-14-4-8-19(12-16(14)3)24-22(27)25-20-9-5-15(2)21(13-20)30(28,29)26-18-10-6-17(23)7-11-18/h4-13,26H,1-3H3,(H2,24,25,27). The minimum atomic E-state index is -3.85. The molecule has 3 N–H and O–H groups in total. The first-order valence-corrected chi connectivity index (χ1v) is 11.0. The molecule has 156 valence electrons. The third kappa shape index (κ3) is 5.31. The maximum Gasteiger partial charge on any atom is 0.323 e. The molecule has 3 aromatic carbocycles. The largest absolute Gasteiger partial charge is 0.323 e. The van der Waals surface area contributed by atoms with Gasteiger partial charge in [0.2, 0.25) is 0 Å². The molecule has 0 saturated heterocycles. The van der Waals surface area contributed by atoms with Crippen LogP contribution in [0.4, 0.5) is 21.9 Å². The molecule has 8 heteroatoms. The Hall–Kier alpha value is -3.03. The number of sulfonamides is 1. The zero-order chi connectivity index (χ0) is 21.9. The van der Waals surface area contributed by atoms with Gasteiger partial charge >= 0.3 is 6.03 Å². The molecule has 0 aliphatic rings. The smallest absolute Gasteiger partial charge is 0.308 e. The fourth-order valence-corrected chi connectivity index (χ4v) is 4.26. The predicted molar refractivity (Wildman–Crippen MR) is 122 cm³/mol. The molecule has 0 unspecified atom stereocenters. The molecule has 0 aliphatic heterocycles. The van der Waals surface area contributed by atoms with Crippen LogP contribution in [-0.4, -0.2) is 14.4 Å². The molecule has 0 fully saturated rings. The molecule has 0 bridgehead atoms. The van der Waals surface area contributed by atoms with Crippen molar-refractivity contribution in [3.63, 3.8) is 0 Å². The molecule has 3 rings (SSSR count). The lowest BCUT2D eigenvalue weighted by molar-refractivity contribution is 0.262. The summed E-state index contributed by atoms with van der Waals surface area (Å²) in [5.74, 6) is 0. The molecular weight excluding hydrogens is 422 g/mol. The highest BCUT2D eigenvalue weighted by Gasteiger charge is 2.18. The van der Waals surface area contributed by atoms with Crippen LogP contribution in [0.2, 0.25) is 5.02 Å². The Labute approximate surface area is 181 Å². The number of amides is 2. The summed E-state index contributed by atoms with van der Waals surface area (Å²) in [6.45, 7) is 5.64. The predicted octanol–water partition coefficient (Wildman–Crippen LogP) is 5.71. The van der Waals surface area contributed by atoms with Crippen LogP contribution in [0.3, 0.4) is 0 Å². The van der Waals surface area contributed by atoms with Crippen molar-refractivity contribution in [2.24, 2.45) is 0 Å². The molecule has 3 aromatic rings. The highest BCUT2D eigenvalue weighted by atomic mass is 35.5. The first-order valence-electron chi connectivity index (χ1n) is 9.18. The lowest BCUT2D eigenvalue weighted by Gasteiger charge is -2.13. The zero-order valence-electron chi connectivity index (χ0n) is 16.8. The minimum Gasteiger partial charge on any atom is -0.308 e. The van der Waals surface area contributed by atoms with Gasteiger partial charge in [-0.1, -0.05) is 23.7 Å². The van der Waals surface area contributed by atoms with Gasteiger partial charge in [0.25, 0.3) is 10.0 Å². The molecule has 0 saturated carbocycles. The van der Waals surface area contributed by atoms with E-state index in [9.17, 15) is 13.2 Å². The number of urea groups is 1. The van der Waals surface area contributed by atoms with Crippen molar-refractivity contribution in [3.05, 3.63) is 82.4 Å². The third-order valence-corrected chi connectivity index (χ3v) is 6.37. The molecule has 0 atom stereocenters. The summed E-state index contributed by atoms with van der Waals surface area (Å²) in [6.07, 6.45) is 0. The van der Waals surface area contributed by atoms with Crippen molar-refractivity contribution in [2.45, 2.75) is 25.7 Å². The normalized spacial score (nSPS) is 11.1. The van der Waals surface area contributed by atoms with E-state index in [1.165, 1.54) is 6.07 Å². The van der Waals surface area contributed by atoms with Gasteiger partial charge in [-0.25, -0.2) is 13.2 Å². The van der Waals surface area contributed by atoms with Crippen LogP contribution < -0.4 is 15.4 Å². The second kappa shape index (κ2) is 8.77. The van der Waals surface area contributed by atoms with E-state index in [-0.39, 0.29) is 4.90 Å². The van der Waals surface area contributed by atoms with Crippen LogP contribution >= 0.6 is 11.6 Å². The summed E-state index contributed by atoms with van der Waals surface area (Å²) in [6, 6.07) is 16.2. The summed E-state index contributed by atoms with van der Waals surface area (Å²) in [5, 5.41) is 5.93. The van der Waals surface area contributed by atoms with E-state index >= 15 is 0 Å². The van der Waals surface area contributed by atoms with Gasteiger partial charge in [-0.2, -0.15) is 0 Å². The van der Waals surface area contributed by atoms with Gasteiger partial charge < -0.3 is 10.6 Å². The Morgan fingerprint density at radius 2 is 1.27 bits per heavy atom. The van der Waals surface area contributed by atoms with E-state index in [1.54, 1.807) is 43.3 Å². The third-order valence-electron chi connectivity index (χ3n) is 4.60. The highest BCUT2D eigenvalue weighted by Crippen LogP contribution is 2.24. The van der Waals surface area contributed by atoms with Gasteiger partial charge in [0.05, 0.1) is 4.90 Å². The number of carbonyl (C=O) groups excluding carboxylic acids is 1. The summed E-state index contributed by atoms with van der Waals surface area (Å²) in [7, 11) is -3.85. The van der Waals surface area contributed by atoms with Crippen molar-refractivity contribution in [2.75, 3.05) is 15.4 Å². The molecular formula is C22H22ClN3O3S. The fourth-order valence-electron chi connectivity index (χ4n) is 2.81. The maximum atomic E-state index is 12.8. The SMILES string of the molecule is Cc1ccc(NC(=O)Nc2ccc(C)c(S(=O)(=O)Nc3ccc(Cl)cc3)c2)cc1C. The monoisotopic (exact) mass is 443 g/mol. The quantitative estimate of drug-likeness (QED) is 0.472. The van der Waals surface area contributed by atoms with Gasteiger partial charge in [-0.3, -0.25) is 4.72 Å². The number of carbonyl (C=O) groups is 1. The number of rotatable bonds is 5. The van der Waals surface area contributed by atoms with E-state index in [0.29, 0.717) is 27.6 Å². The van der Waals surface area contributed by atoms with Crippen LogP contribution in [0.25, 0.3) is 0 Å². The van der Waals surface area contributed by atoms with E-state index < -0.39 is 16.1 Å². The average molecular weight is 444 g/mol. The average Bonchev–Trinajstić information content (AvgIpc) is 2.68. The fraction of sp³-hybridized carbons (Fsp3) is 0.136. The number of nitrogens with one attached hydrogen (secondary N) is 3. The Morgan fingerprint density at radius 1 is 0.733 bits per heavy atom. The molecule has 0 aromatic heterocycles. The topological polar surface area (TPSA) is 87.3 Å². The van der Waals surface area contributed by atoms with Gasteiger partial charge in [0.1, 0.15) is 0 Å². The number of aryl methyl sites for hydroxylation is 3. The number of benzene rings is 3. The molecule has 30 heavy (non-hydrogen) atoms. The van der Waals surface area contributed by atoms with E-state index in [4.69, 9.17) is 11.6 Å². The van der Waals surface area contributed by atoms with Crippen LogP contribution in [-0.2, 0) is 10.0 Å². The van der Waals surface area contributed by atoms with E-state index in [1.807, 2.05) is 32.0 Å². The molecule has 0 radical (unpaired) electrons. The van der Waals surface area contributed by atoms with Crippen molar-refractivity contribution >= 4 is 44.7 Å². The van der Waals surface area contributed by atoms with Crippen molar-refractivity contribution in [1.29, 1.82) is 0 Å². The Morgan fingerprint density at radius 3 is 1.87 bits per heavy atom. The second-order valence-corrected chi connectivity index (χ2v) is 9.06. The van der Waals surface area contributed by atoms with E-state index in [2.05, 4.69) is 15.4 Å². The lowest BCUT2D eigenvalue weighted by atomic mass is 10.1. The Kier molecular flexibility index (Phi) is 6.34. The van der Waals surface area contributed by atoms with Crippen LogP contribution in [0, 0.1) is 20.8 Å². The van der Waals surface area contributed by atoms with Gasteiger partial charge in [-0.05, 0) is 86.0 Å². The van der Waals surface area contributed by atoms with Gasteiger partial charge in [0.15, 0.2) is 0 Å². The lowest BCUT2D eigenvalue weighted by Crippen LogP contribution is -2.20. The van der Waals surface area contributed by atoms with E-state index in [0.717, 1.165) is 11.1 Å². The van der Waals surface area contributed by atoms with Crippen molar-refractivity contribution < 1.29 is 13.2 Å². The zero-order valence-corrected chi connectivity index (χ0v) is 18.4. The Balaban J connectivity index is 1.77. The molecule has 0 spiro atoms. The highest BCUT2D eigenvalue weighted by molar-refractivity contribution is 7.92. The first kappa shape index (κ1) is 21.7. The number of hydrogen-bond acceptors (Lipinski definition) is 3. The minimum absolute atomic E-state index is 0.0708. The van der Waals surface area contributed by atoms with Crippen molar-refractivity contribution in [3.8, 4) is 0 Å². The number of anilines is 3. The summed E-state index contributed by atoms with van der Waals surface area (Å²) < 4.78 is 28.2. The Bertz CT molecular complexity index is 1190. The molecule has 6 nitrogen and oxygen atoms in total. The van der Waals surface area contributed by atoms with Crippen LogP contribution in [0.5, 0.6) is 0 Å². The summed E-state index contributed by atoms with van der Waals surface area (Å²) in [5.41, 5.74) is 4.15. The second-order valence-electron chi connectivity index (χ2n) is 6.97. The molecule has 2 amide bonds. The maximum absolute atomic E-state index is 12.8. The van der Waals surface area contributed by atoms with Gasteiger partial charge in [-0.15, -0.1) is 0 Å². The first-order chi connectivity index (χ1) is 14.1.